The number of benzene rings is 2. The summed E-state index contributed by atoms with van der Waals surface area (Å²) in [6.07, 6.45) is 6.79. The molecule has 3 rings (SSSR count). The molecule has 0 bridgehead atoms. The maximum absolute atomic E-state index is 11.8. The third-order valence-corrected chi connectivity index (χ3v) is 6.28. The summed E-state index contributed by atoms with van der Waals surface area (Å²) in [5.41, 5.74) is 2.43. The highest BCUT2D eigenvalue weighted by Gasteiger charge is 2.29. The minimum Gasteiger partial charge on any atom is -0.478 e. The number of nitrogens with one attached hydrogen (secondary N) is 1. The Bertz CT molecular complexity index is 946. The smallest absolute Gasteiger partial charge is 0.347 e. The third-order valence-electron chi connectivity index (χ3n) is 6.28. The van der Waals surface area contributed by atoms with Gasteiger partial charge < -0.3 is 20.1 Å². The van der Waals surface area contributed by atoms with Crippen LogP contribution in [0.3, 0.4) is 0 Å². The molecule has 0 atom stereocenters. The van der Waals surface area contributed by atoms with E-state index in [2.05, 4.69) is 55.3 Å². The molecule has 0 saturated carbocycles. The van der Waals surface area contributed by atoms with E-state index in [0.29, 0.717) is 24.6 Å². The summed E-state index contributed by atoms with van der Waals surface area (Å²) < 4.78 is 5.41. The molecule has 0 aromatic heterocycles. The molecule has 0 spiro atoms. The van der Waals surface area contributed by atoms with Crippen molar-refractivity contribution in [3.05, 3.63) is 59.7 Å². The Morgan fingerprint density at radius 1 is 1.00 bits per heavy atom. The van der Waals surface area contributed by atoms with Crippen LogP contribution in [0.5, 0.6) is 5.75 Å². The second kappa shape index (κ2) is 14.5. The van der Waals surface area contributed by atoms with Crippen LogP contribution in [0.15, 0.2) is 48.5 Å². The largest absolute Gasteiger partial charge is 0.478 e. The van der Waals surface area contributed by atoms with Gasteiger partial charge in [0.15, 0.2) is 5.60 Å². The third kappa shape index (κ3) is 10.3. The van der Waals surface area contributed by atoms with Gasteiger partial charge in [-0.2, -0.15) is 0 Å². The molecule has 2 aromatic rings. The molecule has 6 nitrogen and oxygen atoms in total. The standard InChI is InChI=1S/C17H25NO4.C13H19N/c1-12(2)9-10-18-15(19)11-13-5-7-14(8-6-13)22-17(3,4)16(20)21;1-12-8-4-5-9-13(12)14-10-6-2-3-7-11-14/h5-8,12H,9-11H2,1-4H3,(H,18,19)(H,20,21);4-5,8-9H,2-3,6-7,10-11H2,1H3. The topological polar surface area (TPSA) is 78.9 Å². The van der Waals surface area contributed by atoms with Crippen LogP contribution in [0.25, 0.3) is 0 Å². The van der Waals surface area contributed by atoms with Gasteiger partial charge in [-0.1, -0.05) is 57.0 Å². The summed E-state index contributed by atoms with van der Waals surface area (Å²) in [5, 5.41) is 11.9. The molecule has 2 aromatic carbocycles. The van der Waals surface area contributed by atoms with Gasteiger partial charge in [0.25, 0.3) is 0 Å². The van der Waals surface area contributed by atoms with E-state index in [1.165, 1.54) is 63.9 Å². The van der Waals surface area contributed by atoms with Gasteiger partial charge >= 0.3 is 5.97 Å². The summed E-state index contributed by atoms with van der Waals surface area (Å²) in [5.74, 6) is -0.00743. The van der Waals surface area contributed by atoms with Gasteiger partial charge in [0.1, 0.15) is 5.75 Å². The lowest BCUT2D eigenvalue weighted by atomic mass is 10.1. The fourth-order valence-corrected chi connectivity index (χ4v) is 3.99. The molecule has 1 aliphatic heterocycles. The number of hydrogen-bond acceptors (Lipinski definition) is 4. The first kappa shape index (κ1) is 29.2. The van der Waals surface area contributed by atoms with E-state index in [1.807, 2.05) is 0 Å². The van der Waals surface area contributed by atoms with E-state index >= 15 is 0 Å². The summed E-state index contributed by atoms with van der Waals surface area (Å²) in [6.45, 7) is 12.6. The van der Waals surface area contributed by atoms with Gasteiger partial charge in [-0.05, 0) is 75.3 Å². The molecule has 1 aliphatic rings. The van der Waals surface area contributed by atoms with Crippen LogP contribution >= 0.6 is 0 Å². The number of carbonyl (C=O) groups excluding carboxylic acids is 1. The second-order valence-electron chi connectivity index (χ2n) is 10.5. The predicted molar refractivity (Wildman–Crippen MR) is 147 cm³/mol. The fourth-order valence-electron chi connectivity index (χ4n) is 3.99. The molecule has 36 heavy (non-hydrogen) atoms. The number of nitrogens with zero attached hydrogens (tertiary/aromatic N) is 1. The Kier molecular flexibility index (Phi) is 11.8. The first-order valence-electron chi connectivity index (χ1n) is 13.2. The molecule has 0 aliphatic carbocycles. The number of aliphatic carboxylic acids is 1. The van der Waals surface area contributed by atoms with Crippen molar-refractivity contribution in [2.45, 2.75) is 78.7 Å². The Balaban J connectivity index is 0.000000278. The highest BCUT2D eigenvalue weighted by molar-refractivity contribution is 5.78. The van der Waals surface area contributed by atoms with Crippen molar-refractivity contribution < 1.29 is 19.4 Å². The zero-order chi connectivity index (χ0) is 26.6. The van der Waals surface area contributed by atoms with Gasteiger partial charge in [-0.15, -0.1) is 0 Å². The number of carboxylic acids is 1. The molecule has 1 saturated heterocycles. The Labute approximate surface area is 217 Å². The molecular weight excluding hydrogens is 452 g/mol. The molecule has 198 valence electrons. The number of amides is 1. The Hall–Kier alpha value is -3.02. The molecular formula is C30H44N2O4. The predicted octanol–water partition coefficient (Wildman–Crippen LogP) is 6.01. The lowest BCUT2D eigenvalue weighted by Crippen LogP contribution is -2.37. The lowest BCUT2D eigenvalue weighted by molar-refractivity contribution is -0.152. The highest BCUT2D eigenvalue weighted by atomic mass is 16.5. The maximum atomic E-state index is 11.8. The van der Waals surface area contributed by atoms with Gasteiger partial charge in [0.05, 0.1) is 6.42 Å². The van der Waals surface area contributed by atoms with E-state index in [4.69, 9.17) is 9.84 Å². The van der Waals surface area contributed by atoms with Gasteiger partial charge in [-0.3, -0.25) is 4.79 Å². The minimum absolute atomic E-state index is 0.0137. The summed E-state index contributed by atoms with van der Waals surface area (Å²) >= 11 is 0. The van der Waals surface area contributed by atoms with Crippen molar-refractivity contribution in [2.24, 2.45) is 5.92 Å². The highest BCUT2D eigenvalue weighted by Crippen LogP contribution is 2.23. The van der Waals surface area contributed by atoms with Crippen molar-refractivity contribution in [3.63, 3.8) is 0 Å². The summed E-state index contributed by atoms with van der Waals surface area (Å²) in [4.78, 5) is 25.3. The second-order valence-corrected chi connectivity index (χ2v) is 10.5. The summed E-state index contributed by atoms with van der Waals surface area (Å²) in [7, 11) is 0. The van der Waals surface area contributed by atoms with E-state index in [-0.39, 0.29) is 5.91 Å². The first-order valence-corrected chi connectivity index (χ1v) is 13.2. The number of hydrogen-bond donors (Lipinski definition) is 2. The number of ether oxygens (including phenoxy) is 1. The number of anilines is 1. The van der Waals surface area contributed by atoms with Crippen molar-refractivity contribution in [3.8, 4) is 5.75 Å². The quantitative estimate of drug-likeness (QED) is 0.445. The number of aryl methyl sites for hydroxylation is 1. The zero-order valence-electron chi connectivity index (χ0n) is 22.7. The molecule has 1 heterocycles. The molecule has 0 radical (unpaired) electrons. The molecule has 6 heteroatoms. The number of para-hydroxylation sites is 1. The van der Waals surface area contributed by atoms with Crippen LogP contribution in [0.1, 0.15) is 70.9 Å². The fraction of sp³-hybridized carbons (Fsp3) is 0.533. The monoisotopic (exact) mass is 496 g/mol. The molecule has 0 unspecified atom stereocenters. The Morgan fingerprint density at radius 2 is 1.61 bits per heavy atom. The maximum Gasteiger partial charge on any atom is 0.347 e. The van der Waals surface area contributed by atoms with Crippen molar-refractivity contribution >= 4 is 17.6 Å². The lowest BCUT2D eigenvalue weighted by Gasteiger charge is -2.24. The molecule has 1 amide bonds. The first-order chi connectivity index (χ1) is 17.1. The van der Waals surface area contributed by atoms with Crippen LogP contribution in [0.4, 0.5) is 5.69 Å². The van der Waals surface area contributed by atoms with Crippen molar-refractivity contribution in [2.75, 3.05) is 24.5 Å². The Morgan fingerprint density at radius 3 is 2.17 bits per heavy atom. The molecule has 1 fully saturated rings. The van der Waals surface area contributed by atoms with Crippen LogP contribution in [-0.4, -0.2) is 42.2 Å². The number of rotatable bonds is 9. The van der Waals surface area contributed by atoms with Gasteiger partial charge in [-0.25, -0.2) is 4.79 Å². The van der Waals surface area contributed by atoms with Crippen LogP contribution in [0.2, 0.25) is 0 Å². The number of carbonyl (C=O) groups is 2. The SMILES string of the molecule is CC(C)CCNC(=O)Cc1ccc(OC(C)(C)C(=O)O)cc1.Cc1ccccc1N1CCCCCC1. The van der Waals surface area contributed by atoms with E-state index < -0.39 is 11.6 Å². The van der Waals surface area contributed by atoms with E-state index in [1.54, 1.807) is 24.3 Å². The molecule has 2 N–H and O–H groups in total. The summed E-state index contributed by atoms with van der Waals surface area (Å²) in [6, 6.07) is 15.6. The zero-order valence-corrected chi connectivity index (χ0v) is 22.7. The average Bonchev–Trinajstić information content (AvgIpc) is 3.10. The normalized spacial score (nSPS) is 13.9. The van der Waals surface area contributed by atoms with E-state index in [0.717, 1.165) is 12.0 Å². The van der Waals surface area contributed by atoms with E-state index in [9.17, 15) is 9.59 Å². The van der Waals surface area contributed by atoms with Crippen LogP contribution in [-0.2, 0) is 16.0 Å². The van der Waals surface area contributed by atoms with Crippen LogP contribution < -0.4 is 15.0 Å². The van der Waals surface area contributed by atoms with Gasteiger partial charge in [0, 0.05) is 25.3 Å². The minimum atomic E-state index is -1.28. The van der Waals surface area contributed by atoms with Gasteiger partial charge in [0.2, 0.25) is 5.91 Å². The van der Waals surface area contributed by atoms with Crippen molar-refractivity contribution in [1.29, 1.82) is 0 Å². The van der Waals surface area contributed by atoms with Crippen molar-refractivity contribution in [1.82, 2.24) is 5.32 Å². The van der Waals surface area contributed by atoms with Crippen LogP contribution in [0, 0.1) is 12.8 Å². The number of carboxylic acid groups (broad SMARTS) is 1. The average molecular weight is 497 g/mol.